The summed E-state index contributed by atoms with van der Waals surface area (Å²) in [6, 6.07) is 13.3. The van der Waals surface area contributed by atoms with Crippen molar-refractivity contribution in [1.29, 1.82) is 0 Å². The molecule has 1 N–H and O–H groups in total. The van der Waals surface area contributed by atoms with E-state index in [1.54, 1.807) is 24.3 Å². The van der Waals surface area contributed by atoms with Crippen molar-refractivity contribution in [3.63, 3.8) is 0 Å². The lowest BCUT2D eigenvalue weighted by Crippen LogP contribution is -2.07. The van der Waals surface area contributed by atoms with Crippen molar-refractivity contribution < 1.29 is 14.3 Å². The molecule has 0 spiro atoms. The maximum atomic E-state index is 11.9. The van der Waals surface area contributed by atoms with Gasteiger partial charge >= 0.3 is 0 Å². The summed E-state index contributed by atoms with van der Waals surface area (Å²) in [6.45, 7) is 2.25. The van der Waals surface area contributed by atoms with Gasteiger partial charge in [-0.15, -0.1) is 0 Å². The Hall–Kier alpha value is -2.75. The van der Waals surface area contributed by atoms with Gasteiger partial charge in [0.05, 0.1) is 0 Å². The summed E-state index contributed by atoms with van der Waals surface area (Å²) in [5, 5.41) is 2.79. The molecule has 0 aromatic heterocycles. The Morgan fingerprint density at radius 3 is 2.67 bits per heavy atom. The van der Waals surface area contributed by atoms with Crippen LogP contribution in [-0.4, -0.2) is 12.7 Å². The molecule has 1 aliphatic rings. The summed E-state index contributed by atoms with van der Waals surface area (Å²) < 4.78 is 10.5. The highest BCUT2D eigenvalue weighted by molar-refractivity contribution is 6.02. The van der Waals surface area contributed by atoms with Gasteiger partial charge < -0.3 is 14.8 Å². The number of fused-ring (bicyclic) bond motifs is 1. The van der Waals surface area contributed by atoms with Crippen LogP contribution in [0, 0.1) is 6.92 Å². The molecule has 0 bridgehead atoms. The van der Waals surface area contributed by atoms with Crippen molar-refractivity contribution >= 4 is 17.7 Å². The van der Waals surface area contributed by atoms with Gasteiger partial charge in [0.15, 0.2) is 11.5 Å². The molecule has 3 rings (SSSR count). The van der Waals surface area contributed by atoms with Gasteiger partial charge in [0.1, 0.15) is 0 Å². The summed E-state index contributed by atoms with van der Waals surface area (Å²) in [5.74, 6) is 1.16. The van der Waals surface area contributed by atoms with Crippen LogP contribution in [0.1, 0.15) is 11.1 Å². The smallest absolute Gasteiger partial charge is 0.248 e. The fraction of sp³-hybridized carbons (Fsp3) is 0.118. The van der Waals surface area contributed by atoms with Crippen LogP contribution in [0.15, 0.2) is 48.5 Å². The molecule has 0 saturated heterocycles. The van der Waals surface area contributed by atoms with E-state index in [0.717, 1.165) is 5.56 Å². The zero-order chi connectivity index (χ0) is 14.7. The van der Waals surface area contributed by atoms with Crippen LogP contribution in [0.25, 0.3) is 6.08 Å². The molecule has 4 nitrogen and oxygen atoms in total. The van der Waals surface area contributed by atoms with Crippen molar-refractivity contribution in [2.45, 2.75) is 6.92 Å². The zero-order valence-electron chi connectivity index (χ0n) is 11.6. The maximum Gasteiger partial charge on any atom is 0.248 e. The topological polar surface area (TPSA) is 47.6 Å². The van der Waals surface area contributed by atoms with Gasteiger partial charge in [0.25, 0.3) is 0 Å². The third-order valence-electron chi connectivity index (χ3n) is 3.14. The van der Waals surface area contributed by atoms with E-state index >= 15 is 0 Å². The van der Waals surface area contributed by atoms with Gasteiger partial charge in [0.2, 0.25) is 12.7 Å². The summed E-state index contributed by atoms with van der Waals surface area (Å²) in [4.78, 5) is 11.9. The number of aryl methyl sites for hydroxylation is 1. The first kappa shape index (κ1) is 13.2. The highest BCUT2D eigenvalue weighted by atomic mass is 16.7. The van der Waals surface area contributed by atoms with Gasteiger partial charge in [0, 0.05) is 17.8 Å². The fourth-order valence-electron chi connectivity index (χ4n) is 2.01. The van der Waals surface area contributed by atoms with Crippen molar-refractivity contribution in [3.8, 4) is 11.5 Å². The highest BCUT2D eigenvalue weighted by Crippen LogP contribution is 2.34. The Balaban J connectivity index is 1.65. The molecule has 2 aromatic carbocycles. The molecule has 0 fully saturated rings. The predicted molar refractivity (Wildman–Crippen MR) is 81.4 cm³/mol. The monoisotopic (exact) mass is 281 g/mol. The Bertz CT molecular complexity index is 690. The van der Waals surface area contributed by atoms with E-state index < -0.39 is 0 Å². The number of hydrogen-bond donors (Lipinski definition) is 1. The summed E-state index contributed by atoms with van der Waals surface area (Å²) in [6.07, 6.45) is 3.29. The number of hydrogen-bond acceptors (Lipinski definition) is 3. The Labute approximate surface area is 123 Å². The molecule has 1 amide bonds. The first-order valence-electron chi connectivity index (χ1n) is 6.66. The van der Waals surface area contributed by atoms with Crippen molar-refractivity contribution in [1.82, 2.24) is 0 Å². The highest BCUT2D eigenvalue weighted by Gasteiger charge is 2.13. The second kappa shape index (κ2) is 5.71. The second-order valence-electron chi connectivity index (χ2n) is 4.80. The van der Waals surface area contributed by atoms with Crippen LogP contribution in [0.4, 0.5) is 5.69 Å². The van der Waals surface area contributed by atoms with E-state index in [2.05, 4.69) is 5.32 Å². The summed E-state index contributed by atoms with van der Waals surface area (Å²) in [7, 11) is 0. The van der Waals surface area contributed by atoms with E-state index in [4.69, 9.17) is 9.47 Å². The number of carbonyl (C=O) groups is 1. The number of rotatable bonds is 3. The molecule has 2 aromatic rings. The molecule has 0 aliphatic carbocycles. The average Bonchev–Trinajstić information content (AvgIpc) is 2.94. The molecule has 1 aliphatic heterocycles. The lowest BCUT2D eigenvalue weighted by atomic mass is 10.1. The van der Waals surface area contributed by atoms with Crippen molar-refractivity contribution in [2.75, 3.05) is 12.1 Å². The van der Waals surface area contributed by atoms with Crippen LogP contribution in [0.2, 0.25) is 0 Å². The van der Waals surface area contributed by atoms with Crippen molar-refractivity contribution in [3.05, 3.63) is 59.7 Å². The van der Waals surface area contributed by atoms with Crippen LogP contribution < -0.4 is 14.8 Å². The lowest BCUT2D eigenvalue weighted by molar-refractivity contribution is -0.111. The molecule has 106 valence electrons. The minimum atomic E-state index is -0.186. The number of carbonyl (C=O) groups excluding carboxylic acids is 1. The second-order valence-corrected chi connectivity index (χ2v) is 4.80. The zero-order valence-corrected chi connectivity index (χ0v) is 11.6. The van der Waals surface area contributed by atoms with Crippen molar-refractivity contribution in [2.24, 2.45) is 0 Å². The molecule has 0 radical (unpaired) electrons. The van der Waals surface area contributed by atoms with Gasteiger partial charge in [-0.25, -0.2) is 0 Å². The third-order valence-corrected chi connectivity index (χ3v) is 3.14. The Kier molecular flexibility index (Phi) is 3.60. The fourth-order valence-corrected chi connectivity index (χ4v) is 2.01. The lowest BCUT2D eigenvalue weighted by Gasteiger charge is -2.03. The van der Waals surface area contributed by atoms with E-state index in [1.807, 2.05) is 31.2 Å². The Morgan fingerprint density at radius 1 is 1.10 bits per heavy atom. The Morgan fingerprint density at radius 2 is 1.86 bits per heavy atom. The van der Waals surface area contributed by atoms with E-state index in [0.29, 0.717) is 17.2 Å². The number of benzene rings is 2. The molecule has 0 saturated carbocycles. The van der Waals surface area contributed by atoms with E-state index in [-0.39, 0.29) is 12.7 Å². The van der Waals surface area contributed by atoms with Gasteiger partial charge in [-0.3, -0.25) is 4.79 Å². The average molecular weight is 281 g/mol. The number of nitrogens with one attached hydrogen (secondary N) is 1. The molecule has 0 unspecified atom stereocenters. The maximum absolute atomic E-state index is 11.9. The minimum absolute atomic E-state index is 0.186. The largest absolute Gasteiger partial charge is 0.454 e. The molecule has 21 heavy (non-hydrogen) atoms. The van der Waals surface area contributed by atoms with Crippen LogP contribution >= 0.6 is 0 Å². The third kappa shape index (κ3) is 3.23. The minimum Gasteiger partial charge on any atom is -0.454 e. The summed E-state index contributed by atoms with van der Waals surface area (Å²) >= 11 is 0. The van der Waals surface area contributed by atoms with Crippen LogP contribution in [0.3, 0.4) is 0 Å². The number of amides is 1. The number of ether oxygens (including phenoxy) is 2. The molecular weight excluding hydrogens is 266 g/mol. The van der Waals surface area contributed by atoms with E-state index in [1.165, 1.54) is 11.6 Å². The van der Waals surface area contributed by atoms with Gasteiger partial charge in [-0.05, 0) is 30.7 Å². The molecule has 1 heterocycles. The standard InChI is InChI=1S/C17H15NO3/c1-12-2-4-13(5-3-12)6-9-17(19)18-14-7-8-15-16(10-14)21-11-20-15/h2-10H,11H2,1H3,(H,18,19)/b9-6+. The van der Waals surface area contributed by atoms with Gasteiger partial charge in [-0.2, -0.15) is 0 Å². The molecular formula is C17H15NO3. The normalized spacial score (nSPS) is 12.6. The van der Waals surface area contributed by atoms with E-state index in [9.17, 15) is 4.79 Å². The van der Waals surface area contributed by atoms with Gasteiger partial charge in [-0.1, -0.05) is 29.8 Å². The first-order chi connectivity index (χ1) is 10.2. The number of anilines is 1. The molecule has 4 heteroatoms. The summed E-state index contributed by atoms with van der Waals surface area (Å²) in [5.41, 5.74) is 2.86. The predicted octanol–water partition coefficient (Wildman–Crippen LogP) is 3.38. The quantitative estimate of drug-likeness (QED) is 0.877. The SMILES string of the molecule is Cc1ccc(/C=C/C(=O)Nc2ccc3c(c2)OCO3)cc1. The first-order valence-corrected chi connectivity index (χ1v) is 6.66. The molecule has 0 atom stereocenters. The van der Waals surface area contributed by atoms with Crippen LogP contribution in [-0.2, 0) is 4.79 Å². The van der Waals surface area contributed by atoms with Crippen LogP contribution in [0.5, 0.6) is 11.5 Å².